The first kappa shape index (κ1) is 77.4. The molecule has 0 unspecified atom stereocenters. The molecule has 18 aromatic carbocycles. The Kier molecular flexibility index (Phi) is 20.8. The first-order valence-corrected chi connectivity index (χ1v) is 42.9. The van der Waals surface area contributed by atoms with Crippen molar-refractivity contribution in [2.24, 2.45) is 0 Å². The largest absolute Gasteiger partial charge is 0.456 e. The van der Waals surface area contributed by atoms with E-state index in [1.165, 1.54) is 0 Å². The topological polar surface area (TPSA) is 155 Å². The summed E-state index contributed by atoms with van der Waals surface area (Å²) in [5, 5.41) is 6.79. The maximum Gasteiger partial charge on any atom is 0.164 e. The van der Waals surface area contributed by atoms with E-state index in [4.69, 9.17) is 58.1 Å². The summed E-state index contributed by atoms with van der Waals surface area (Å²) in [6, 6.07) is 155. The average molecular weight is 1650 g/mol. The molecule has 0 amide bonds. The molecule has 24 aromatic rings. The van der Waals surface area contributed by atoms with Crippen molar-refractivity contribution in [3.63, 3.8) is 0 Å². The molecule has 0 fully saturated rings. The van der Waals surface area contributed by atoms with Crippen LogP contribution in [0.1, 0.15) is 0 Å². The van der Waals surface area contributed by atoms with Crippen LogP contribution < -0.4 is 0 Å². The van der Waals surface area contributed by atoms with Crippen molar-refractivity contribution in [1.82, 2.24) is 44.9 Å². The summed E-state index contributed by atoms with van der Waals surface area (Å²) >= 11 is 0. The fraction of sp³-hybridized carbons (Fsp3) is 0. The van der Waals surface area contributed by atoms with Crippen LogP contribution in [0.5, 0.6) is 0 Å². The van der Waals surface area contributed by atoms with Crippen LogP contribution >= 0.6 is 0 Å². The van der Waals surface area contributed by atoms with E-state index in [2.05, 4.69) is 231 Å². The van der Waals surface area contributed by atoms with E-state index in [1.54, 1.807) is 0 Å². The van der Waals surface area contributed by atoms with Crippen molar-refractivity contribution < 1.29 is 13.3 Å². The van der Waals surface area contributed by atoms with Gasteiger partial charge in [-0.2, -0.15) is 0 Å². The summed E-state index contributed by atoms with van der Waals surface area (Å²) in [5.41, 5.74) is 27.3. The molecule has 0 radical (unpaired) electrons. The molecule has 606 valence electrons. The molecule has 129 heavy (non-hydrogen) atoms. The van der Waals surface area contributed by atoms with E-state index in [9.17, 15) is 0 Å². The summed E-state index contributed by atoms with van der Waals surface area (Å²) in [4.78, 5) is 43.8. The van der Waals surface area contributed by atoms with Gasteiger partial charge < -0.3 is 13.3 Å². The lowest BCUT2D eigenvalue weighted by atomic mass is 9.95. The molecule has 12 nitrogen and oxygen atoms in total. The van der Waals surface area contributed by atoms with E-state index in [1.807, 2.05) is 224 Å². The highest BCUT2D eigenvalue weighted by Crippen LogP contribution is 2.43. The number of nitrogens with zero attached hydrogens (tertiary/aromatic N) is 9. The molecule has 6 aromatic heterocycles. The van der Waals surface area contributed by atoms with Gasteiger partial charge in [-0.1, -0.05) is 406 Å². The Morgan fingerprint density at radius 1 is 0.124 bits per heavy atom. The fourth-order valence-electron chi connectivity index (χ4n) is 16.8. The van der Waals surface area contributed by atoms with Gasteiger partial charge in [-0.05, 0) is 104 Å². The SMILES string of the molecule is c1ccc(-c2nc(-c3ccccc3)nc(-c3ccc(-c4cccc(-c5cccc6c5oc5ccccc56)c4)cc3)n2)cc1.c1ccc(-c2nc(-c3ccccc3)nc(-c3ccc(-c4cccc(-c5cccc6oc7ccccc7c56)c4)cc3)n2)cc1.c1ccc(-c2nc(-c3ccccc3)nc(-c3cccc(-c4cccc(-c5cccc6c5oc5ccccc56)c4)c3)n2)cc1. The molecule has 0 saturated heterocycles. The first-order chi connectivity index (χ1) is 63.9. The number of furan rings is 3. The minimum Gasteiger partial charge on any atom is -0.456 e. The normalized spacial score (nSPS) is 11.3. The van der Waals surface area contributed by atoms with E-state index in [0.29, 0.717) is 52.4 Å². The molecular weight excluding hydrogens is 1580 g/mol. The van der Waals surface area contributed by atoms with Gasteiger partial charge >= 0.3 is 0 Å². The second-order valence-corrected chi connectivity index (χ2v) is 31.4. The molecular formula is C117H75N9O3. The van der Waals surface area contributed by atoms with Gasteiger partial charge in [0.05, 0.1) is 0 Å². The number of hydrogen-bond acceptors (Lipinski definition) is 12. The average Bonchev–Trinajstić information content (AvgIpc) is 1.66. The summed E-state index contributed by atoms with van der Waals surface area (Å²) < 4.78 is 18.8. The Balaban J connectivity index is 0.000000114. The predicted molar refractivity (Wildman–Crippen MR) is 523 cm³/mol. The Bertz CT molecular complexity index is 8040. The lowest BCUT2D eigenvalue weighted by Gasteiger charge is -2.10. The Labute approximate surface area is 743 Å². The lowest BCUT2D eigenvalue weighted by Crippen LogP contribution is -2.00. The Hall–Kier alpha value is -17.6. The summed E-state index contributed by atoms with van der Waals surface area (Å²) in [6.07, 6.45) is 0. The molecule has 6 heterocycles. The minimum atomic E-state index is 0.637. The third kappa shape index (κ3) is 15.9. The number of aromatic nitrogens is 9. The maximum absolute atomic E-state index is 6.33. The van der Waals surface area contributed by atoms with E-state index >= 15 is 0 Å². The summed E-state index contributed by atoms with van der Waals surface area (Å²) in [7, 11) is 0. The second-order valence-electron chi connectivity index (χ2n) is 31.4. The number of rotatable bonds is 15. The van der Waals surface area contributed by atoms with Crippen molar-refractivity contribution in [3.05, 3.63) is 455 Å². The number of benzene rings is 18. The van der Waals surface area contributed by atoms with E-state index in [0.717, 1.165) is 183 Å². The summed E-state index contributed by atoms with van der Waals surface area (Å²) in [5.74, 6) is 5.84. The van der Waals surface area contributed by atoms with Crippen LogP contribution in [0.4, 0.5) is 0 Å². The van der Waals surface area contributed by atoms with Crippen molar-refractivity contribution >= 4 is 65.8 Å². The highest BCUT2D eigenvalue weighted by Gasteiger charge is 2.21. The van der Waals surface area contributed by atoms with Crippen LogP contribution in [0.25, 0.3) is 235 Å². The monoisotopic (exact) mass is 1650 g/mol. The second kappa shape index (κ2) is 34.6. The number of fused-ring (bicyclic) bond motifs is 9. The summed E-state index contributed by atoms with van der Waals surface area (Å²) in [6.45, 7) is 0. The van der Waals surface area contributed by atoms with E-state index < -0.39 is 0 Å². The zero-order valence-electron chi connectivity index (χ0n) is 69.6. The van der Waals surface area contributed by atoms with Gasteiger partial charge in [0.25, 0.3) is 0 Å². The van der Waals surface area contributed by atoms with Gasteiger partial charge in [0.15, 0.2) is 52.4 Å². The fourth-order valence-corrected chi connectivity index (χ4v) is 16.8. The molecule has 0 bridgehead atoms. The highest BCUT2D eigenvalue weighted by molar-refractivity contribution is 6.13. The van der Waals surface area contributed by atoms with Crippen LogP contribution in [0.2, 0.25) is 0 Å². The van der Waals surface area contributed by atoms with Gasteiger partial charge in [-0.25, -0.2) is 44.9 Å². The number of hydrogen-bond donors (Lipinski definition) is 0. The van der Waals surface area contributed by atoms with Crippen LogP contribution in [0, 0.1) is 0 Å². The maximum atomic E-state index is 6.33. The molecule has 0 N–H and O–H groups in total. The predicted octanol–water partition coefficient (Wildman–Crippen LogP) is 30.3. The molecule has 0 aliphatic carbocycles. The third-order valence-electron chi connectivity index (χ3n) is 23.2. The molecule has 0 atom stereocenters. The Morgan fingerprint density at radius 2 is 0.333 bits per heavy atom. The first-order valence-electron chi connectivity index (χ1n) is 42.9. The smallest absolute Gasteiger partial charge is 0.164 e. The van der Waals surface area contributed by atoms with Crippen LogP contribution in [0.3, 0.4) is 0 Å². The molecule has 12 heteroatoms. The van der Waals surface area contributed by atoms with Crippen molar-refractivity contribution in [1.29, 1.82) is 0 Å². The van der Waals surface area contributed by atoms with Gasteiger partial charge in [0.1, 0.15) is 33.5 Å². The standard InChI is InChI=1S/3C39H25N3O/c1-3-12-26(13-4-1)37-40-38(27-14-5-2-6-15-27)42-39(41-37)31-19-10-17-29(25-31)28-16-9-18-30(24-28)32-21-11-22-34-33-20-7-8-23-35(33)43-36(32)34;1-3-11-27(12-4-1)37-40-38(28-13-5-2-6-14-28)42-39(41-37)29-23-21-26(22-24-29)30-15-9-16-31(25-30)32-18-10-19-34-33-17-7-8-20-35(33)43-36(32)34;1-3-11-27(12-4-1)37-40-38(28-13-5-2-6-14-28)42-39(41-37)29-23-21-26(22-24-29)30-15-9-16-31(25-30)32-18-10-20-35-36(32)33-17-7-8-19-34(33)43-35/h3*1-25H. The van der Waals surface area contributed by atoms with Crippen molar-refractivity contribution in [2.75, 3.05) is 0 Å². The molecule has 0 saturated carbocycles. The quantitative estimate of drug-likeness (QED) is 0.0959. The van der Waals surface area contributed by atoms with E-state index in [-0.39, 0.29) is 0 Å². The molecule has 0 spiro atoms. The highest BCUT2D eigenvalue weighted by atomic mass is 16.3. The lowest BCUT2D eigenvalue weighted by molar-refractivity contribution is 0.669. The van der Waals surface area contributed by atoms with Crippen LogP contribution in [0.15, 0.2) is 468 Å². The molecule has 0 aliphatic rings. The van der Waals surface area contributed by atoms with Gasteiger partial charge in [0.2, 0.25) is 0 Å². The zero-order chi connectivity index (χ0) is 85.8. The zero-order valence-corrected chi connectivity index (χ0v) is 69.6. The van der Waals surface area contributed by atoms with Crippen molar-refractivity contribution in [3.8, 4) is 169 Å². The van der Waals surface area contributed by atoms with Gasteiger partial charge in [-0.3, -0.25) is 0 Å². The molecule has 0 aliphatic heterocycles. The van der Waals surface area contributed by atoms with Crippen LogP contribution in [-0.4, -0.2) is 44.9 Å². The number of para-hydroxylation sites is 5. The van der Waals surface area contributed by atoms with Crippen LogP contribution in [-0.2, 0) is 0 Å². The van der Waals surface area contributed by atoms with Gasteiger partial charge in [0, 0.05) is 93.5 Å². The minimum absolute atomic E-state index is 0.637. The van der Waals surface area contributed by atoms with Gasteiger partial charge in [-0.15, -0.1) is 0 Å². The molecule has 24 rings (SSSR count). The third-order valence-corrected chi connectivity index (χ3v) is 23.2. The van der Waals surface area contributed by atoms with Crippen molar-refractivity contribution in [2.45, 2.75) is 0 Å². The Morgan fingerprint density at radius 3 is 0.682 bits per heavy atom.